The maximum atomic E-state index is 13.3. The first-order chi connectivity index (χ1) is 16.0. The van der Waals surface area contributed by atoms with Crippen LogP contribution >= 0.6 is 0 Å². The van der Waals surface area contributed by atoms with Crippen LogP contribution in [0.3, 0.4) is 0 Å². The van der Waals surface area contributed by atoms with Crippen LogP contribution in [0.15, 0.2) is 84.0 Å². The molecule has 1 aromatic heterocycles. The summed E-state index contributed by atoms with van der Waals surface area (Å²) in [6.45, 7) is 0. The lowest BCUT2D eigenvalue weighted by Crippen LogP contribution is -2.07. The Morgan fingerprint density at radius 2 is 1.45 bits per heavy atom. The first kappa shape index (κ1) is 21.3. The van der Waals surface area contributed by atoms with E-state index in [1.807, 2.05) is 30.3 Å². The van der Waals surface area contributed by atoms with Crippen molar-refractivity contribution in [2.45, 2.75) is 0 Å². The van der Waals surface area contributed by atoms with Gasteiger partial charge in [-0.1, -0.05) is 30.3 Å². The molecule has 0 atom stereocenters. The van der Waals surface area contributed by atoms with E-state index in [4.69, 9.17) is 0 Å². The van der Waals surface area contributed by atoms with Gasteiger partial charge in [0.05, 0.1) is 11.1 Å². The SMILES string of the molecule is O=[N+]([O-])c1ccc(Nc2nc(NN=Cc3cccc(F)c3)nc(Nc3ccccc3)n2)cc1. The highest BCUT2D eigenvalue weighted by Gasteiger charge is 2.09. The number of rotatable bonds is 8. The molecular formula is C22H17FN8O2. The number of nitro benzene ring substituents is 1. The molecule has 0 radical (unpaired) electrons. The van der Waals surface area contributed by atoms with Crippen LogP contribution in [0, 0.1) is 15.9 Å². The molecule has 0 aliphatic rings. The zero-order chi connectivity index (χ0) is 23.0. The van der Waals surface area contributed by atoms with E-state index >= 15 is 0 Å². The van der Waals surface area contributed by atoms with Crippen molar-refractivity contribution >= 4 is 41.1 Å². The van der Waals surface area contributed by atoms with Crippen LogP contribution in [0.1, 0.15) is 5.56 Å². The molecule has 1 heterocycles. The van der Waals surface area contributed by atoms with Crippen molar-refractivity contribution in [3.8, 4) is 0 Å². The zero-order valence-electron chi connectivity index (χ0n) is 17.0. The first-order valence-electron chi connectivity index (χ1n) is 9.69. The molecule has 0 saturated carbocycles. The average molecular weight is 444 g/mol. The van der Waals surface area contributed by atoms with E-state index in [1.54, 1.807) is 24.3 Å². The Morgan fingerprint density at radius 1 is 0.818 bits per heavy atom. The lowest BCUT2D eigenvalue weighted by molar-refractivity contribution is -0.384. The van der Waals surface area contributed by atoms with Gasteiger partial charge in [-0.2, -0.15) is 20.1 Å². The van der Waals surface area contributed by atoms with Crippen LogP contribution in [0.5, 0.6) is 0 Å². The van der Waals surface area contributed by atoms with Crippen molar-refractivity contribution in [3.05, 3.63) is 100 Å². The largest absolute Gasteiger partial charge is 0.324 e. The number of hydrogen-bond acceptors (Lipinski definition) is 9. The number of aromatic nitrogens is 3. The number of halogens is 1. The third-order valence-corrected chi connectivity index (χ3v) is 4.23. The van der Waals surface area contributed by atoms with E-state index < -0.39 is 4.92 Å². The number of non-ortho nitro benzene ring substituents is 1. The molecule has 11 heteroatoms. The number of benzene rings is 3. The van der Waals surface area contributed by atoms with E-state index in [2.05, 4.69) is 36.1 Å². The average Bonchev–Trinajstić information content (AvgIpc) is 2.80. The van der Waals surface area contributed by atoms with Crippen molar-refractivity contribution in [1.82, 2.24) is 15.0 Å². The zero-order valence-corrected chi connectivity index (χ0v) is 17.0. The second-order valence-electron chi connectivity index (χ2n) is 6.65. The predicted octanol–water partition coefficient (Wildman–Crippen LogP) is 4.85. The van der Waals surface area contributed by atoms with Crippen LogP contribution in [-0.2, 0) is 0 Å². The monoisotopic (exact) mass is 444 g/mol. The van der Waals surface area contributed by atoms with Gasteiger partial charge in [0.1, 0.15) is 5.82 Å². The Hall–Kier alpha value is -4.93. The Morgan fingerprint density at radius 3 is 2.09 bits per heavy atom. The maximum absolute atomic E-state index is 13.3. The highest BCUT2D eigenvalue weighted by Crippen LogP contribution is 2.21. The standard InChI is InChI=1S/C22H17FN8O2/c23-16-6-4-5-15(13-16)14-24-30-22-28-20(25-17-7-2-1-3-8-17)27-21(29-22)26-18-9-11-19(12-10-18)31(32)33/h1-14H,(H3,25,26,27,28,29,30). The van der Waals surface area contributed by atoms with Gasteiger partial charge >= 0.3 is 0 Å². The minimum absolute atomic E-state index is 0.0309. The lowest BCUT2D eigenvalue weighted by Gasteiger charge is -2.10. The molecule has 0 fully saturated rings. The first-order valence-corrected chi connectivity index (χ1v) is 9.69. The summed E-state index contributed by atoms with van der Waals surface area (Å²) in [5.41, 5.74) is 4.54. The van der Waals surface area contributed by atoms with Gasteiger partial charge in [0, 0.05) is 23.5 Å². The molecule has 0 unspecified atom stereocenters. The van der Waals surface area contributed by atoms with Gasteiger partial charge in [-0.3, -0.25) is 10.1 Å². The smallest absolute Gasteiger partial charge is 0.269 e. The molecular weight excluding hydrogens is 427 g/mol. The van der Waals surface area contributed by atoms with Crippen LogP contribution in [-0.4, -0.2) is 26.1 Å². The quantitative estimate of drug-likeness (QED) is 0.200. The summed E-state index contributed by atoms with van der Waals surface area (Å²) in [6, 6.07) is 21.1. The van der Waals surface area contributed by atoms with Gasteiger partial charge in [-0.15, -0.1) is 0 Å². The van der Waals surface area contributed by atoms with Gasteiger partial charge in [0.15, 0.2) is 0 Å². The van der Waals surface area contributed by atoms with Crippen molar-refractivity contribution in [2.24, 2.45) is 5.10 Å². The van der Waals surface area contributed by atoms with Gasteiger partial charge in [0.2, 0.25) is 17.8 Å². The summed E-state index contributed by atoms with van der Waals surface area (Å²) in [5.74, 6) is 0.174. The van der Waals surface area contributed by atoms with Crippen LogP contribution < -0.4 is 16.1 Å². The molecule has 0 spiro atoms. The van der Waals surface area contributed by atoms with E-state index in [0.717, 1.165) is 5.69 Å². The molecule has 0 bridgehead atoms. The van der Waals surface area contributed by atoms with Crippen LogP contribution in [0.2, 0.25) is 0 Å². The van der Waals surface area contributed by atoms with Crippen molar-refractivity contribution in [3.63, 3.8) is 0 Å². The van der Waals surface area contributed by atoms with E-state index in [1.165, 1.54) is 30.5 Å². The van der Waals surface area contributed by atoms with Gasteiger partial charge in [-0.25, -0.2) is 9.82 Å². The number of hydrazone groups is 1. The molecule has 0 aliphatic heterocycles. The van der Waals surface area contributed by atoms with Crippen molar-refractivity contribution in [2.75, 3.05) is 16.1 Å². The number of hydrogen-bond donors (Lipinski definition) is 3. The number of nitrogens with zero attached hydrogens (tertiary/aromatic N) is 5. The predicted molar refractivity (Wildman–Crippen MR) is 124 cm³/mol. The maximum Gasteiger partial charge on any atom is 0.269 e. The molecule has 3 N–H and O–H groups in total. The second-order valence-corrected chi connectivity index (χ2v) is 6.65. The van der Waals surface area contributed by atoms with E-state index in [0.29, 0.717) is 11.3 Å². The second kappa shape index (κ2) is 9.92. The Balaban J connectivity index is 1.57. The van der Waals surface area contributed by atoms with Crippen LogP contribution in [0.25, 0.3) is 0 Å². The Labute approximate surface area is 187 Å². The summed E-state index contributed by atoms with van der Waals surface area (Å²) in [5, 5.41) is 21.0. The third-order valence-electron chi connectivity index (χ3n) is 4.23. The van der Waals surface area contributed by atoms with E-state index in [-0.39, 0.29) is 29.3 Å². The van der Waals surface area contributed by atoms with Gasteiger partial charge < -0.3 is 10.6 Å². The minimum atomic E-state index is -0.479. The summed E-state index contributed by atoms with van der Waals surface area (Å²) in [4.78, 5) is 23.3. The number of nitrogens with one attached hydrogen (secondary N) is 3. The highest BCUT2D eigenvalue weighted by atomic mass is 19.1. The number of para-hydroxylation sites is 1. The normalized spacial score (nSPS) is 10.7. The number of nitro groups is 1. The fourth-order valence-corrected chi connectivity index (χ4v) is 2.74. The minimum Gasteiger partial charge on any atom is -0.324 e. The third kappa shape index (κ3) is 6.04. The molecule has 10 nitrogen and oxygen atoms in total. The fourth-order valence-electron chi connectivity index (χ4n) is 2.74. The molecule has 4 rings (SSSR count). The topological polar surface area (TPSA) is 130 Å². The molecule has 0 amide bonds. The van der Waals surface area contributed by atoms with Crippen molar-refractivity contribution < 1.29 is 9.31 Å². The molecule has 3 aromatic carbocycles. The van der Waals surface area contributed by atoms with Crippen molar-refractivity contribution in [1.29, 1.82) is 0 Å². The molecule has 4 aromatic rings. The van der Waals surface area contributed by atoms with Crippen LogP contribution in [0.4, 0.5) is 39.3 Å². The van der Waals surface area contributed by atoms with Gasteiger partial charge in [-0.05, 0) is 42.0 Å². The summed E-state index contributed by atoms with van der Waals surface area (Å²) >= 11 is 0. The molecule has 33 heavy (non-hydrogen) atoms. The highest BCUT2D eigenvalue weighted by molar-refractivity contribution is 5.80. The Kier molecular flexibility index (Phi) is 6.40. The lowest BCUT2D eigenvalue weighted by atomic mass is 10.2. The Bertz CT molecular complexity index is 1280. The molecule has 0 aliphatic carbocycles. The molecule has 164 valence electrons. The number of anilines is 5. The van der Waals surface area contributed by atoms with E-state index in [9.17, 15) is 14.5 Å². The molecule has 0 saturated heterocycles. The summed E-state index contributed by atoms with van der Waals surface area (Å²) in [7, 11) is 0. The summed E-state index contributed by atoms with van der Waals surface area (Å²) in [6.07, 6.45) is 1.43. The van der Waals surface area contributed by atoms with Gasteiger partial charge in [0.25, 0.3) is 5.69 Å². The fraction of sp³-hybridized carbons (Fsp3) is 0. The summed E-state index contributed by atoms with van der Waals surface area (Å²) < 4.78 is 13.3.